The molecule has 8 nitrogen and oxygen atoms in total. The number of nitrogens with two attached hydrogens (primary N) is 1. The zero-order valence-corrected chi connectivity index (χ0v) is 20.9. The van der Waals surface area contributed by atoms with Gasteiger partial charge in [0.25, 0.3) is 11.5 Å². The Balaban J connectivity index is 1.60. The number of terminal acetylenes is 1. The van der Waals surface area contributed by atoms with E-state index in [-0.39, 0.29) is 16.9 Å². The maximum absolute atomic E-state index is 14.2. The largest absolute Gasteiger partial charge is 0.381 e. The van der Waals surface area contributed by atoms with Gasteiger partial charge in [-0.1, -0.05) is 30.2 Å². The highest BCUT2D eigenvalue weighted by molar-refractivity contribution is 6.04. The molecule has 0 fully saturated rings. The van der Waals surface area contributed by atoms with Crippen LogP contribution in [-0.4, -0.2) is 25.1 Å². The Bertz CT molecular complexity index is 1830. The second kappa shape index (κ2) is 9.20. The third-order valence-electron chi connectivity index (χ3n) is 7.26. The van der Waals surface area contributed by atoms with E-state index in [9.17, 15) is 9.59 Å². The first kappa shape index (κ1) is 23.5. The standard InChI is InChI=1S/C30H26N6O2/c1-3-19-14-15-20-10-7-8-13-22-23(20)24(19)30(38)36(21-11-5-4-6-12-21)26(22)18(2)33-29(37)25-27(31)34-35-17-9-16-32-28(25)35/h1,4-6,9,11-12,14-18H,7-8,10,13H2,2H3,(H2,31,34)(H,33,37)/t18-/m1/s1. The molecule has 2 aromatic carbocycles. The molecule has 38 heavy (non-hydrogen) atoms. The summed E-state index contributed by atoms with van der Waals surface area (Å²) < 4.78 is 3.18. The Labute approximate surface area is 219 Å². The number of amides is 1. The van der Waals surface area contributed by atoms with Crippen molar-refractivity contribution in [1.29, 1.82) is 0 Å². The molecule has 3 N–H and O–H groups in total. The van der Waals surface area contributed by atoms with Crippen LogP contribution in [0.3, 0.4) is 0 Å². The number of rotatable bonds is 4. The molecule has 0 unspecified atom stereocenters. The average Bonchev–Trinajstić information content (AvgIpc) is 3.12. The van der Waals surface area contributed by atoms with Crippen molar-refractivity contribution in [3.8, 4) is 18.0 Å². The van der Waals surface area contributed by atoms with Gasteiger partial charge in [0.1, 0.15) is 5.56 Å². The van der Waals surface area contributed by atoms with Crippen molar-refractivity contribution in [1.82, 2.24) is 24.5 Å². The molecule has 0 spiro atoms. The summed E-state index contributed by atoms with van der Waals surface area (Å²) in [5, 5.41) is 8.79. The molecule has 0 radical (unpaired) electrons. The lowest BCUT2D eigenvalue weighted by atomic mass is 9.92. The van der Waals surface area contributed by atoms with Gasteiger partial charge in [0, 0.05) is 23.6 Å². The molecule has 188 valence electrons. The van der Waals surface area contributed by atoms with E-state index in [0.717, 1.165) is 47.9 Å². The summed E-state index contributed by atoms with van der Waals surface area (Å²) in [4.78, 5) is 32.1. The number of benzene rings is 2. The normalized spacial score (nSPS) is 13.7. The van der Waals surface area contributed by atoms with Crippen LogP contribution in [0.15, 0.2) is 65.7 Å². The fraction of sp³-hybridized carbons (Fsp3) is 0.200. The quantitative estimate of drug-likeness (QED) is 0.362. The monoisotopic (exact) mass is 502 g/mol. The molecule has 5 aromatic rings. The second-order valence-electron chi connectivity index (χ2n) is 9.56. The van der Waals surface area contributed by atoms with Gasteiger partial charge >= 0.3 is 0 Å². The molecular weight excluding hydrogens is 476 g/mol. The van der Waals surface area contributed by atoms with Crippen LogP contribution in [0.1, 0.15) is 58.5 Å². The summed E-state index contributed by atoms with van der Waals surface area (Å²) in [7, 11) is 0. The molecule has 8 heteroatoms. The maximum atomic E-state index is 14.2. The van der Waals surface area contributed by atoms with Crippen molar-refractivity contribution >= 4 is 28.1 Å². The minimum Gasteiger partial charge on any atom is -0.381 e. The molecule has 6 rings (SSSR count). The molecule has 1 aliphatic carbocycles. The van der Waals surface area contributed by atoms with Crippen LogP contribution in [0.2, 0.25) is 0 Å². The Hall–Kier alpha value is -4.90. The third-order valence-corrected chi connectivity index (χ3v) is 7.26. The maximum Gasteiger partial charge on any atom is 0.264 e. The number of nitrogens with one attached hydrogen (secondary N) is 1. The summed E-state index contributed by atoms with van der Waals surface area (Å²) >= 11 is 0. The zero-order valence-electron chi connectivity index (χ0n) is 20.9. The van der Waals surface area contributed by atoms with Crippen molar-refractivity contribution in [3.05, 3.63) is 99.2 Å². The summed E-state index contributed by atoms with van der Waals surface area (Å²) in [6, 6.07) is 14.6. The van der Waals surface area contributed by atoms with Gasteiger partial charge in [-0.2, -0.15) is 0 Å². The first-order chi connectivity index (χ1) is 18.5. The first-order valence-electron chi connectivity index (χ1n) is 12.6. The summed E-state index contributed by atoms with van der Waals surface area (Å²) in [5.74, 6) is 2.40. The molecule has 1 amide bonds. The molecular formula is C30H26N6O2. The number of aromatic nitrogens is 4. The van der Waals surface area contributed by atoms with Crippen LogP contribution in [0.5, 0.6) is 0 Å². The minimum atomic E-state index is -0.534. The Morgan fingerprint density at radius 2 is 1.89 bits per heavy atom. The number of carbonyl (C=O) groups excluding carboxylic acids is 1. The zero-order chi connectivity index (χ0) is 26.4. The number of carbonyl (C=O) groups is 1. The molecule has 3 heterocycles. The van der Waals surface area contributed by atoms with E-state index in [1.54, 1.807) is 23.0 Å². The van der Waals surface area contributed by atoms with Gasteiger partial charge < -0.3 is 11.1 Å². The van der Waals surface area contributed by atoms with Crippen LogP contribution in [-0.2, 0) is 12.8 Å². The van der Waals surface area contributed by atoms with Crippen LogP contribution in [0.25, 0.3) is 22.1 Å². The van der Waals surface area contributed by atoms with Gasteiger partial charge in [-0.15, -0.1) is 11.5 Å². The van der Waals surface area contributed by atoms with Gasteiger partial charge in [-0.25, -0.2) is 9.50 Å². The third kappa shape index (κ3) is 3.63. The summed E-state index contributed by atoms with van der Waals surface area (Å²) in [5.41, 5.74) is 10.7. The van der Waals surface area contributed by atoms with Gasteiger partial charge in [0.2, 0.25) is 0 Å². The van der Waals surface area contributed by atoms with Gasteiger partial charge in [0.05, 0.1) is 17.1 Å². The number of anilines is 1. The predicted octanol–water partition coefficient (Wildman–Crippen LogP) is 3.97. The molecule has 0 saturated heterocycles. The van der Waals surface area contributed by atoms with Gasteiger partial charge in [-0.05, 0) is 73.4 Å². The minimum absolute atomic E-state index is 0.0893. The van der Waals surface area contributed by atoms with Crippen LogP contribution >= 0.6 is 0 Å². The van der Waals surface area contributed by atoms with Crippen molar-refractivity contribution in [3.63, 3.8) is 0 Å². The number of para-hydroxylation sites is 1. The lowest BCUT2D eigenvalue weighted by Gasteiger charge is -2.25. The van der Waals surface area contributed by atoms with Crippen LogP contribution < -0.4 is 16.6 Å². The van der Waals surface area contributed by atoms with Crippen molar-refractivity contribution < 1.29 is 4.79 Å². The highest BCUT2D eigenvalue weighted by Gasteiger charge is 2.28. The number of fused-ring (bicyclic) bond motifs is 1. The predicted molar refractivity (Wildman–Crippen MR) is 147 cm³/mol. The van der Waals surface area contributed by atoms with E-state index in [1.165, 1.54) is 4.52 Å². The van der Waals surface area contributed by atoms with Crippen molar-refractivity contribution in [2.24, 2.45) is 0 Å². The van der Waals surface area contributed by atoms with Crippen molar-refractivity contribution in [2.45, 2.75) is 38.6 Å². The van der Waals surface area contributed by atoms with Crippen molar-refractivity contribution in [2.75, 3.05) is 5.73 Å². The number of nitrogen functional groups attached to an aromatic ring is 1. The Kier molecular flexibility index (Phi) is 5.69. The Morgan fingerprint density at radius 1 is 1.11 bits per heavy atom. The van der Waals surface area contributed by atoms with Crippen LogP contribution in [0, 0.1) is 12.3 Å². The summed E-state index contributed by atoms with van der Waals surface area (Å²) in [6.45, 7) is 1.89. The number of hydrogen-bond donors (Lipinski definition) is 2. The van der Waals surface area contributed by atoms with E-state index in [4.69, 9.17) is 12.2 Å². The lowest BCUT2D eigenvalue weighted by molar-refractivity contribution is 0.0941. The smallest absolute Gasteiger partial charge is 0.264 e. The first-order valence-corrected chi connectivity index (χ1v) is 12.6. The SMILES string of the molecule is C#Cc1ccc2c3c(c([C@@H](C)NC(=O)c4c(N)nn5cccnc45)n(-c4ccccc4)c(=O)c13)CCCC2. The lowest BCUT2D eigenvalue weighted by Crippen LogP contribution is -2.34. The van der Waals surface area contributed by atoms with E-state index in [2.05, 4.69) is 21.3 Å². The molecule has 0 bridgehead atoms. The van der Waals surface area contributed by atoms with Gasteiger partial charge in [0.15, 0.2) is 11.5 Å². The fourth-order valence-corrected chi connectivity index (χ4v) is 5.64. The molecule has 0 saturated carbocycles. The molecule has 3 aromatic heterocycles. The van der Waals surface area contributed by atoms with Crippen LogP contribution in [0.4, 0.5) is 5.82 Å². The number of pyridine rings is 1. The fourth-order valence-electron chi connectivity index (χ4n) is 5.64. The van der Waals surface area contributed by atoms with E-state index < -0.39 is 11.9 Å². The molecule has 1 aliphatic rings. The number of hydrogen-bond acceptors (Lipinski definition) is 5. The number of nitrogens with zero attached hydrogens (tertiary/aromatic N) is 4. The Morgan fingerprint density at radius 3 is 2.68 bits per heavy atom. The van der Waals surface area contributed by atoms with E-state index in [0.29, 0.717) is 22.3 Å². The average molecular weight is 503 g/mol. The second-order valence-corrected chi connectivity index (χ2v) is 9.56. The molecule has 0 aliphatic heterocycles. The van der Waals surface area contributed by atoms with E-state index >= 15 is 0 Å². The van der Waals surface area contributed by atoms with E-state index in [1.807, 2.05) is 49.4 Å². The topological polar surface area (TPSA) is 107 Å². The highest BCUT2D eigenvalue weighted by Crippen LogP contribution is 2.35. The number of aryl methyl sites for hydroxylation is 2. The highest BCUT2D eigenvalue weighted by atomic mass is 16.2. The van der Waals surface area contributed by atoms with Gasteiger partial charge in [-0.3, -0.25) is 14.2 Å². The molecule has 1 atom stereocenters. The summed E-state index contributed by atoms with van der Waals surface area (Å²) in [6.07, 6.45) is 12.7.